The molecule has 0 atom stereocenters. The second kappa shape index (κ2) is 5.15. The SMILES string of the molecule is CCc1c[nH]c(=S)n1CC(C)(C)CN(C)C. The monoisotopic (exact) mass is 241 g/mol. The summed E-state index contributed by atoms with van der Waals surface area (Å²) in [5.74, 6) is 0. The van der Waals surface area contributed by atoms with Crippen molar-refractivity contribution in [2.24, 2.45) is 5.41 Å². The minimum absolute atomic E-state index is 0.230. The molecule has 1 heterocycles. The highest BCUT2D eigenvalue weighted by Crippen LogP contribution is 2.20. The number of nitrogens with zero attached hydrogens (tertiary/aromatic N) is 2. The molecular formula is C12H23N3S. The van der Waals surface area contributed by atoms with Crippen molar-refractivity contribution in [1.82, 2.24) is 14.5 Å². The topological polar surface area (TPSA) is 24.0 Å². The van der Waals surface area contributed by atoms with Crippen molar-refractivity contribution in [3.63, 3.8) is 0 Å². The number of aromatic amines is 1. The molecule has 16 heavy (non-hydrogen) atoms. The number of aromatic nitrogens is 2. The Labute approximate surface area is 103 Å². The van der Waals surface area contributed by atoms with E-state index in [1.807, 2.05) is 6.20 Å². The normalized spacial score (nSPS) is 12.4. The van der Waals surface area contributed by atoms with Crippen molar-refractivity contribution < 1.29 is 0 Å². The molecule has 0 bridgehead atoms. The second-order valence-corrected chi connectivity index (χ2v) is 5.81. The Morgan fingerprint density at radius 3 is 2.56 bits per heavy atom. The Kier molecular flexibility index (Phi) is 4.33. The average Bonchev–Trinajstić information content (AvgIpc) is 2.45. The van der Waals surface area contributed by atoms with Crippen LogP contribution < -0.4 is 0 Å². The Balaban J connectivity index is 2.86. The fraction of sp³-hybridized carbons (Fsp3) is 0.750. The maximum atomic E-state index is 5.31. The molecule has 0 radical (unpaired) electrons. The van der Waals surface area contributed by atoms with Gasteiger partial charge >= 0.3 is 0 Å². The van der Waals surface area contributed by atoms with Crippen LogP contribution in [-0.4, -0.2) is 35.1 Å². The fourth-order valence-corrected chi connectivity index (χ4v) is 2.47. The summed E-state index contributed by atoms with van der Waals surface area (Å²) >= 11 is 5.31. The summed E-state index contributed by atoms with van der Waals surface area (Å²) < 4.78 is 3.06. The third-order valence-electron chi connectivity index (χ3n) is 2.65. The molecule has 0 unspecified atom stereocenters. The highest BCUT2D eigenvalue weighted by Gasteiger charge is 2.21. The zero-order valence-electron chi connectivity index (χ0n) is 11.0. The highest BCUT2D eigenvalue weighted by molar-refractivity contribution is 7.71. The van der Waals surface area contributed by atoms with Crippen LogP contribution >= 0.6 is 12.2 Å². The number of nitrogens with one attached hydrogen (secondary N) is 1. The first-order chi connectivity index (χ1) is 7.35. The smallest absolute Gasteiger partial charge is 0.177 e. The van der Waals surface area contributed by atoms with Gasteiger partial charge in [0, 0.05) is 25.0 Å². The molecule has 1 aromatic rings. The molecule has 1 aromatic heterocycles. The molecule has 0 aliphatic heterocycles. The largest absolute Gasteiger partial charge is 0.337 e. The molecule has 0 aromatic carbocycles. The fourth-order valence-electron chi connectivity index (χ4n) is 2.23. The Hall–Kier alpha value is -0.610. The Morgan fingerprint density at radius 2 is 2.06 bits per heavy atom. The molecule has 0 fully saturated rings. The molecular weight excluding hydrogens is 218 g/mol. The molecule has 0 saturated heterocycles. The summed E-state index contributed by atoms with van der Waals surface area (Å²) in [6.45, 7) is 8.75. The molecule has 0 aliphatic rings. The predicted octanol–water partition coefficient (Wildman–Crippen LogP) is 2.70. The standard InChI is InChI=1S/C12H23N3S/c1-6-10-7-13-11(16)15(10)9-12(2,3)8-14(4)5/h7H,6,8-9H2,1-5H3,(H,13,16). The van der Waals surface area contributed by atoms with Crippen LogP contribution in [0.4, 0.5) is 0 Å². The summed E-state index contributed by atoms with van der Waals surface area (Å²) in [6.07, 6.45) is 3.04. The number of hydrogen-bond donors (Lipinski definition) is 1. The van der Waals surface area contributed by atoms with Gasteiger partial charge in [0.05, 0.1) is 0 Å². The summed E-state index contributed by atoms with van der Waals surface area (Å²) in [5.41, 5.74) is 1.52. The molecule has 1 N–H and O–H groups in total. The van der Waals surface area contributed by atoms with Gasteiger partial charge in [-0.2, -0.15) is 0 Å². The molecule has 1 rings (SSSR count). The van der Waals surface area contributed by atoms with Gasteiger partial charge in [-0.3, -0.25) is 0 Å². The van der Waals surface area contributed by atoms with Crippen LogP contribution in [0.3, 0.4) is 0 Å². The molecule has 0 spiro atoms. The minimum Gasteiger partial charge on any atom is -0.337 e. The molecule has 0 amide bonds. The van der Waals surface area contributed by atoms with Crippen LogP contribution in [0.5, 0.6) is 0 Å². The van der Waals surface area contributed by atoms with Gasteiger partial charge in [-0.25, -0.2) is 0 Å². The zero-order valence-corrected chi connectivity index (χ0v) is 11.8. The highest BCUT2D eigenvalue weighted by atomic mass is 32.1. The van der Waals surface area contributed by atoms with Gasteiger partial charge in [0.1, 0.15) is 0 Å². The van der Waals surface area contributed by atoms with Crippen LogP contribution in [0, 0.1) is 10.2 Å². The van der Waals surface area contributed by atoms with Crippen molar-refractivity contribution in [2.75, 3.05) is 20.6 Å². The average molecular weight is 241 g/mol. The van der Waals surface area contributed by atoms with E-state index in [2.05, 4.69) is 49.3 Å². The van der Waals surface area contributed by atoms with E-state index in [4.69, 9.17) is 12.2 Å². The van der Waals surface area contributed by atoms with Gasteiger partial charge < -0.3 is 14.5 Å². The van der Waals surface area contributed by atoms with E-state index in [0.717, 1.165) is 24.3 Å². The summed E-state index contributed by atoms with van der Waals surface area (Å²) in [7, 11) is 4.22. The third kappa shape index (κ3) is 3.46. The van der Waals surface area contributed by atoms with Gasteiger partial charge in [0.25, 0.3) is 0 Å². The van der Waals surface area contributed by atoms with Crippen LogP contribution in [0.15, 0.2) is 6.20 Å². The van der Waals surface area contributed by atoms with Crippen LogP contribution in [0.2, 0.25) is 0 Å². The first kappa shape index (κ1) is 13.5. The Bertz CT molecular complexity index is 387. The number of rotatable bonds is 5. The summed E-state index contributed by atoms with van der Waals surface area (Å²) in [6, 6.07) is 0. The van der Waals surface area contributed by atoms with Crippen molar-refractivity contribution >= 4 is 12.2 Å². The van der Waals surface area contributed by atoms with Crippen molar-refractivity contribution in [1.29, 1.82) is 0 Å². The number of imidazole rings is 1. The first-order valence-corrected chi connectivity index (χ1v) is 6.18. The first-order valence-electron chi connectivity index (χ1n) is 5.77. The minimum atomic E-state index is 0.230. The van der Waals surface area contributed by atoms with E-state index in [-0.39, 0.29) is 5.41 Å². The molecule has 92 valence electrons. The van der Waals surface area contributed by atoms with Crippen molar-refractivity contribution in [2.45, 2.75) is 33.7 Å². The number of H-pyrrole nitrogens is 1. The van der Waals surface area contributed by atoms with E-state index in [9.17, 15) is 0 Å². The van der Waals surface area contributed by atoms with Gasteiger partial charge in [0.15, 0.2) is 4.77 Å². The van der Waals surface area contributed by atoms with Gasteiger partial charge in [-0.1, -0.05) is 20.8 Å². The molecule has 4 heteroatoms. The van der Waals surface area contributed by atoms with Crippen LogP contribution in [0.1, 0.15) is 26.5 Å². The summed E-state index contributed by atoms with van der Waals surface area (Å²) in [4.78, 5) is 5.35. The lowest BCUT2D eigenvalue weighted by Gasteiger charge is -2.29. The van der Waals surface area contributed by atoms with E-state index in [1.54, 1.807) is 0 Å². The van der Waals surface area contributed by atoms with E-state index in [1.165, 1.54) is 5.69 Å². The third-order valence-corrected chi connectivity index (χ3v) is 2.98. The molecule has 3 nitrogen and oxygen atoms in total. The van der Waals surface area contributed by atoms with Gasteiger partial charge in [0.2, 0.25) is 0 Å². The lowest BCUT2D eigenvalue weighted by Crippen LogP contribution is -2.32. The summed E-state index contributed by atoms with van der Waals surface area (Å²) in [5, 5.41) is 0. The van der Waals surface area contributed by atoms with E-state index >= 15 is 0 Å². The molecule has 0 saturated carbocycles. The van der Waals surface area contributed by atoms with Gasteiger partial charge in [-0.15, -0.1) is 0 Å². The number of aryl methyl sites for hydroxylation is 1. The lowest BCUT2D eigenvalue weighted by atomic mass is 9.92. The molecule has 0 aliphatic carbocycles. The Morgan fingerprint density at radius 1 is 1.44 bits per heavy atom. The van der Waals surface area contributed by atoms with Crippen molar-refractivity contribution in [3.05, 3.63) is 16.7 Å². The van der Waals surface area contributed by atoms with Crippen molar-refractivity contribution in [3.8, 4) is 0 Å². The maximum Gasteiger partial charge on any atom is 0.177 e. The number of hydrogen-bond acceptors (Lipinski definition) is 2. The second-order valence-electron chi connectivity index (χ2n) is 5.43. The van der Waals surface area contributed by atoms with E-state index < -0.39 is 0 Å². The quantitative estimate of drug-likeness (QED) is 0.801. The van der Waals surface area contributed by atoms with Gasteiger partial charge in [-0.05, 0) is 38.1 Å². The van der Waals surface area contributed by atoms with E-state index in [0.29, 0.717) is 0 Å². The lowest BCUT2D eigenvalue weighted by molar-refractivity contribution is 0.209. The maximum absolute atomic E-state index is 5.31. The zero-order chi connectivity index (χ0) is 12.3. The van der Waals surface area contributed by atoms with Crippen LogP contribution in [-0.2, 0) is 13.0 Å². The van der Waals surface area contributed by atoms with Crippen LogP contribution in [0.25, 0.3) is 0 Å². The predicted molar refractivity (Wildman–Crippen MR) is 71.3 cm³/mol.